The minimum atomic E-state index is -4.13. The normalized spacial score (nSPS) is 11.4. The second-order valence-electron chi connectivity index (χ2n) is 5.28. The van der Waals surface area contributed by atoms with Crippen LogP contribution in [0.25, 0.3) is 0 Å². The summed E-state index contributed by atoms with van der Waals surface area (Å²) in [6.45, 7) is 4.82. The fourth-order valence-corrected chi connectivity index (χ4v) is 2.11. The Morgan fingerprint density at radius 2 is 1.59 bits per heavy atom. The number of carbonyl (C=O) groups excluding carboxylic acids is 2. The molecule has 1 aromatic carbocycles. The minimum absolute atomic E-state index is 0.186. The summed E-state index contributed by atoms with van der Waals surface area (Å²) >= 11 is 0. The number of rotatable bonds is 4. The van der Waals surface area contributed by atoms with Crippen LogP contribution < -0.4 is 20.5 Å². The SMILES string of the molecule is CC(C)(C)OC(=O)NS(=O)(=O)Nc1ccc(NC(N)=O)cc1. The van der Waals surface area contributed by atoms with Gasteiger partial charge in [0.15, 0.2) is 0 Å². The molecule has 1 aromatic rings. The Bertz CT molecular complexity index is 649. The molecule has 0 radical (unpaired) electrons. The minimum Gasteiger partial charge on any atom is -0.443 e. The number of ether oxygens (including phenoxy) is 1. The van der Waals surface area contributed by atoms with Crippen molar-refractivity contribution < 1.29 is 22.7 Å². The van der Waals surface area contributed by atoms with Gasteiger partial charge in [0.05, 0.1) is 5.69 Å². The molecule has 0 saturated heterocycles. The maximum absolute atomic E-state index is 11.7. The van der Waals surface area contributed by atoms with E-state index in [-0.39, 0.29) is 5.69 Å². The first-order valence-corrected chi connectivity index (χ1v) is 7.65. The third-order valence-corrected chi connectivity index (χ3v) is 2.96. The van der Waals surface area contributed by atoms with Gasteiger partial charge in [0.2, 0.25) is 0 Å². The Balaban J connectivity index is 2.68. The maximum Gasteiger partial charge on any atom is 0.422 e. The summed E-state index contributed by atoms with van der Waals surface area (Å²) in [4.78, 5) is 22.1. The van der Waals surface area contributed by atoms with Gasteiger partial charge in [-0.25, -0.2) is 14.3 Å². The zero-order valence-corrected chi connectivity index (χ0v) is 13.2. The van der Waals surface area contributed by atoms with Crippen molar-refractivity contribution in [1.29, 1.82) is 0 Å². The molecule has 0 bridgehead atoms. The number of urea groups is 1. The standard InChI is InChI=1S/C12H18N4O5S/c1-12(2,3)21-11(18)16-22(19,20)15-9-6-4-8(5-7-9)14-10(13)17/h4-7,15H,1-3H3,(H,16,18)(H3,13,14,17). The highest BCUT2D eigenvalue weighted by Crippen LogP contribution is 2.14. The van der Waals surface area contributed by atoms with Crippen LogP contribution in [0.2, 0.25) is 0 Å². The smallest absolute Gasteiger partial charge is 0.422 e. The second kappa shape index (κ2) is 6.52. The van der Waals surface area contributed by atoms with Gasteiger partial charge in [-0.3, -0.25) is 4.72 Å². The lowest BCUT2D eigenvalue weighted by atomic mass is 10.2. The van der Waals surface area contributed by atoms with E-state index < -0.39 is 27.9 Å². The summed E-state index contributed by atoms with van der Waals surface area (Å²) in [6.07, 6.45) is -1.09. The van der Waals surface area contributed by atoms with Crippen LogP contribution in [0, 0.1) is 0 Å². The van der Waals surface area contributed by atoms with Crippen molar-refractivity contribution in [3.05, 3.63) is 24.3 Å². The van der Waals surface area contributed by atoms with Crippen molar-refractivity contribution in [2.75, 3.05) is 10.0 Å². The zero-order chi connectivity index (χ0) is 17.0. The molecule has 0 spiro atoms. The number of hydrogen-bond donors (Lipinski definition) is 4. The molecule has 0 unspecified atom stereocenters. The molecule has 3 amide bonds. The molecule has 0 atom stereocenters. The first kappa shape index (κ1) is 17.6. The first-order chi connectivity index (χ1) is 9.97. The monoisotopic (exact) mass is 330 g/mol. The van der Waals surface area contributed by atoms with Crippen LogP contribution in [0.15, 0.2) is 24.3 Å². The number of amides is 3. The topological polar surface area (TPSA) is 140 Å². The van der Waals surface area contributed by atoms with Gasteiger partial charge in [-0.2, -0.15) is 8.42 Å². The lowest BCUT2D eigenvalue weighted by Gasteiger charge is -2.19. The zero-order valence-electron chi connectivity index (χ0n) is 12.3. The summed E-state index contributed by atoms with van der Waals surface area (Å²) in [5.41, 5.74) is 4.71. The predicted molar refractivity (Wildman–Crippen MR) is 81.6 cm³/mol. The maximum atomic E-state index is 11.7. The number of carbonyl (C=O) groups is 2. The van der Waals surface area contributed by atoms with Gasteiger partial charge in [-0.05, 0) is 45.0 Å². The Morgan fingerprint density at radius 3 is 2.05 bits per heavy atom. The van der Waals surface area contributed by atoms with Crippen LogP contribution in [-0.2, 0) is 14.9 Å². The number of nitrogens with two attached hydrogens (primary N) is 1. The van der Waals surface area contributed by atoms with E-state index in [1.54, 1.807) is 25.5 Å². The average molecular weight is 330 g/mol. The summed E-state index contributed by atoms with van der Waals surface area (Å²) in [5, 5.41) is 2.32. The Labute approximate surface area is 128 Å². The summed E-state index contributed by atoms with van der Waals surface area (Å²) in [6, 6.07) is 4.92. The van der Waals surface area contributed by atoms with Crippen molar-refractivity contribution in [3.8, 4) is 0 Å². The fourth-order valence-electron chi connectivity index (χ4n) is 1.35. The highest BCUT2D eigenvalue weighted by atomic mass is 32.2. The van der Waals surface area contributed by atoms with E-state index in [1.165, 1.54) is 24.3 Å². The molecule has 9 nitrogen and oxygen atoms in total. The Kier molecular flexibility index (Phi) is 5.20. The molecule has 0 saturated carbocycles. The quantitative estimate of drug-likeness (QED) is 0.660. The van der Waals surface area contributed by atoms with Gasteiger partial charge in [-0.1, -0.05) is 0 Å². The highest BCUT2D eigenvalue weighted by molar-refractivity contribution is 7.91. The van der Waals surface area contributed by atoms with E-state index in [0.717, 1.165) is 0 Å². The van der Waals surface area contributed by atoms with Crippen LogP contribution in [0.5, 0.6) is 0 Å². The number of nitrogens with one attached hydrogen (secondary N) is 3. The Morgan fingerprint density at radius 1 is 1.09 bits per heavy atom. The molecule has 122 valence electrons. The predicted octanol–water partition coefficient (Wildman–Crippen LogP) is 1.36. The van der Waals surface area contributed by atoms with Crippen LogP contribution in [0.1, 0.15) is 20.8 Å². The molecular weight excluding hydrogens is 312 g/mol. The molecule has 22 heavy (non-hydrogen) atoms. The highest BCUT2D eigenvalue weighted by Gasteiger charge is 2.21. The van der Waals surface area contributed by atoms with Crippen molar-refractivity contribution >= 4 is 33.7 Å². The van der Waals surface area contributed by atoms with Gasteiger partial charge in [0, 0.05) is 5.69 Å². The average Bonchev–Trinajstić information content (AvgIpc) is 2.26. The van der Waals surface area contributed by atoms with E-state index in [9.17, 15) is 18.0 Å². The van der Waals surface area contributed by atoms with E-state index in [1.807, 2.05) is 0 Å². The number of hydrogen-bond acceptors (Lipinski definition) is 5. The molecule has 10 heteroatoms. The molecule has 0 fully saturated rings. The molecular formula is C12H18N4O5S. The second-order valence-corrected chi connectivity index (χ2v) is 6.69. The third-order valence-electron chi connectivity index (χ3n) is 2.02. The molecule has 0 aliphatic heterocycles. The summed E-state index contributed by atoms with van der Waals surface area (Å²) < 4.78 is 32.2. The summed E-state index contributed by atoms with van der Waals surface area (Å²) in [5.74, 6) is 0. The van der Waals surface area contributed by atoms with Crippen molar-refractivity contribution in [2.24, 2.45) is 5.73 Å². The molecule has 0 aliphatic carbocycles. The van der Waals surface area contributed by atoms with Crippen LogP contribution in [0.4, 0.5) is 21.0 Å². The van der Waals surface area contributed by atoms with Gasteiger partial charge in [-0.15, -0.1) is 0 Å². The Hall–Kier alpha value is -2.49. The van der Waals surface area contributed by atoms with Crippen LogP contribution >= 0.6 is 0 Å². The van der Waals surface area contributed by atoms with Gasteiger partial charge >= 0.3 is 22.3 Å². The largest absolute Gasteiger partial charge is 0.443 e. The summed E-state index contributed by atoms with van der Waals surface area (Å²) in [7, 11) is -4.13. The van der Waals surface area contributed by atoms with E-state index in [2.05, 4.69) is 10.0 Å². The molecule has 0 heterocycles. The first-order valence-electron chi connectivity index (χ1n) is 6.17. The van der Waals surface area contributed by atoms with E-state index in [4.69, 9.17) is 10.5 Å². The lowest BCUT2D eigenvalue weighted by Crippen LogP contribution is -2.39. The van der Waals surface area contributed by atoms with Crippen molar-refractivity contribution in [2.45, 2.75) is 26.4 Å². The van der Waals surface area contributed by atoms with Crippen molar-refractivity contribution in [3.63, 3.8) is 0 Å². The number of anilines is 2. The van der Waals surface area contributed by atoms with Gasteiger partial charge < -0.3 is 15.8 Å². The van der Waals surface area contributed by atoms with Gasteiger partial charge in [0.1, 0.15) is 5.60 Å². The molecule has 0 aliphatic rings. The van der Waals surface area contributed by atoms with Crippen molar-refractivity contribution in [1.82, 2.24) is 4.72 Å². The fraction of sp³-hybridized carbons (Fsp3) is 0.333. The van der Waals surface area contributed by atoms with Crippen LogP contribution in [-0.4, -0.2) is 26.1 Å². The third kappa shape index (κ3) is 6.79. The lowest BCUT2D eigenvalue weighted by molar-refractivity contribution is 0.0570. The van der Waals surface area contributed by atoms with E-state index >= 15 is 0 Å². The molecule has 1 rings (SSSR count). The van der Waals surface area contributed by atoms with E-state index in [0.29, 0.717) is 5.69 Å². The molecule has 0 aromatic heterocycles. The van der Waals surface area contributed by atoms with Gasteiger partial charge in [0.25, 0.3) is 0 Å². The number of benzene rings is 1. The molecule has 5 N–H and O–H groups in total. The van der Waals surface area contributed by atoms with Crippen LogP contribution in [0.3, 0.4) is 0 Å². The number of primary amides is 1.